The van der Waals surface area contributed by atoms with Crippen molar-refractivity contribution < 1.29 is 19.1 Å². The summed E-state index contributed by atoms with van der Waals surface area (Å²) >= 11 is 0. The smallest absolute Gasteiger partial charge is 0.321 e. The first-order chi connectivity index (χ1) is 7.22. The first-order valence-electron chi connectivity index (χ1n) is 4.60. The Morgan fingerprint density at radius 2 is 2.07 bits per heavy atom. The van der Waals surface area contributed by atoms with E-state index in [1.54, 1.807) is 18.2 Å². The highest BCUT2D eigenvalue weighted by atomic mass is 16.6. The fourth-order valence-corrected chi connectivity index (χ4v) is 1.67. The molecule has 1 aliphatic rings. The van der Waals surface area contributed by atoms with E-state index in [4.69, 9.17) is 4.74 Å². The number of methoxy groups -OCH3 is 1. The number of para-hydroxylation sites is 1. The lowest BCUT2D eigenvalue weighted by Crippen LogP contribution is -2.07. The minimum absolute atomic E-state index is 0.0964. The number of hydrogen-bond donors (Lipinski definition) is 0. The van der Waals surface area contributed by atoms with Crippen molar-refractivity contribution >= 4 is 11.9 Å². The van der Waals surface area contributed by atoms with Gasteiger partial charge in [-0.25, -0.2) is 0 Å². The Balaban J connectivity index is 2.37. The molecule has 1 aliphatic heterocycles. The number of carbonyl (C=O) groups excluding carboxylic acids is 2. The molecular formula is C11H10O4. The summed E-state index contributed by atoms with van der Waals surface area (Å²) in [6, 6.07) is 7.13. The lowest BCUT2D eigenvalue weighted by atomic mass is 9.97. The number of esters is 2. The molecule has 1 saturated heterocycles. The monoisotopic (exact) mass is 206 g/mol. The molecule has 78 valence electrons. The quantitative estimate of drug-likeness (QED) is 0.539. The molecule has 0 bridgehead atoms. The number of cyclic esters (lactones) is 2. The summed E-state index contributed by atoms with van der Waals surface area (Å²) in [5.74, 6) is -0.886. The zero-order chi connectivity index (χ0) is 10.8. The van der Waals surface area contributed by atoms with Crippen LogP contribution in [0.25, 0.3) is 0 Å². The Morgan fingerprint density at radius 3 is 2.67 bits per heavy atom. The fraction of sp³-hybridized carbons (Fsp3) is 0.273. The van der Waals surface area contributed by atoms with Crippen molar-refractivity contribution in [3.63, 3.8) is 0 Å². The zero-order valence-electron chi connectivity index (χ0n) is 8.23. The number of hydrogen-bond acceptors (Lipinski definition) is 4. The van der Waals surface area contributed by atoms with Crippen molar-refractivity contribution in [1.82, 2.24) is 0 Å². The molecule has 0 saturated carbocycles. The summed E-state index contributed by atoms with van der Waals surface area (Å²) in [6.07, 6.45) is 0.0964. The van der Waals surface area contributed by atoms with Gasteiger partial charge in [0.2, 0.25) is 0 Å². The normalized spacial score (nSPS) is 20.2. The number of benzene rings is 1. The predicted octanol–water partition coefficient (Wildman–Crippen LogP) is 1.25. The van der Waals surface area contributed by atoms with Crippen LogP contribution in [0.1, 0.15) is 17.9 Å². The molecule has 0 N–H and O–H groups in total. The lowest BCUT2D eigenvalue weighted by molar-refractivity contribution is -0.152. The molecule has 0 amide bonds. The van der Waals surface area contributed by atoms with E-state index in [2.05, 4.69) is 4.74 Å². The number of carbonyl (C=O) groups is 2. The van der Waals surface area contributed by atoms with Crippen molar-refractivity contribution in [2.75, 3.05) is 7.11 Å². The number of ether oxygens (including phenoxy) is 2. The van der Waals surface area contributed by atoms with Gasteiger partial charge in [0.05, 0.1) is 19.4 Å². The van der Waals surface area contributed by atoms with Crippen molar-refractivity contribution in [3.05, 3.63) is 29.8 Å². The van der Waals surface area contributed by atoms with Gasteiger partial charge in [-0.05, 0) is 6.07 Å². The maximum Gasteiger partial charge on any atom is 0.321 e. The van der Waals surface area contributed by atoms with Crippen LogP contribution < -0.4 is 4.74 Å². The van der Waals surface area contributed by atoms with Gasteiger partial charge >= 0.3 is 11.9 Å². The van der Waals surface area contributed by atoms with Crippen LogP contribution >= 0.6 is 0 Å². The maximum absolute atomic E-state index is 11.4. The Kier molecular flexibility index (Phi) is 2.41. The van der Waals surface area contributed by atoms with Crippen LogP contribution in [0.2, 0.25) is 0 Å². The van der Waals surface area contributed by atoms with Gasteiger partial charge in [-0.3, -0.25) is 9.59 Å². The van der Waals surface area contributed by atoms with Gasteiger partial charge in [-0.1, -0.05) is 18.2 Å². The van der Waals surface area contributed by atoms with Crippen LogP contribution in [0.15, 0.2) is 24.3 Å². The fourth-order valence-electron chi connectivity index (χ4n) is 1.67. The second kappa shape index (κ2) is 3.73. The Hall–Kier alpha value is -1.84. The van der Waals surface area contributed by atoms with Crippen LogP contribution in [0, 0.1) is 0 Å². The average Bonchev–Trinajstić information content (AvgIpc) is 2.57. The number of rotatable bonds is 2. The van der Waals surface area contributed by atoms with E-state index in [1.807, 2.05) is 6.07 Å². The van der Waals surface area contributed by atoms with Crippen LogP contribution in [-0.2, 0) is 14.3 Å². The molecule has 0 aromatic heterocycles. The van der Waals surface area contributed by atoms with E-state index in [9.17, 15) is 9.59 Å². The van der Waals surface area contributed by atoms with Gasteiger partial charge in [0, 0.05) is 5.56 Å². The first-order valence-corrected chi connectivity index (χ1v) is 4.60. The third-order valence-corrected chi connectivity index (χ3v) is 2.38. The molecule has 0 aliphatic carbocycles. The highest BCUT2D eigenvalue weighted by Crippen LogP contribution is 2.33. The van der Waals surface area contributed by atoms with E-state index >= 15 is 0 Å². The van der Waals surface area contributed by atoms with E-state index in [0.29, 0.717) is 11.3 Å². The summed E-state index contributed by atoms with van der Waals surface area (Å²) < 4.78 is 9.62. The van der Waals surface area contributed by atoms with Crippen molar-refractivity contribution in [2.24, 2.45) is 0 Å². The topological polar surface area (TPSA) is 52.6 Å². The summed E-state index contributed by atoms with van der Waals surface area (Å²) in [4.78, 5) is 22.3. The van der Waals surface area contributed by atoms with E-state index in [0.717, 1.165) is 0 Å². The van der Waals surface area contributed by atoms with Gasteiger partial charge < -0.3 is 9.47 Å². The molecule has 1 atom stereocenters. The van der Waals surface area contributed by atoms with Gasteiger partial charge in [0.15, 0.2) is 0 Å². The second-order valence-corrected chi connectivity index (χ2v) is 3.29. The summed E-state index contributed by atoms with van der Waals surface area (Å²) in [5, 5.41) is 0. The highest BCUT2D eigenvalue weighted by Gasteiger charge is 2.36. The average molecular weight is 206 g/mol. The van der Waals surface area contributed by atoms with Crippen molar-refractivity contribution in [1.29, 1.82) is 0 Å². The van der Waals surface area contributed by atoms with Crippen LogP contribution in [-0.4, -0.2) is 19.0 Å². The largest absolute Gasteiger partial charge is 0.496 e. The molecule has 0 spiro atoms. The van der Waals surface area contributed by atoms with Crippen LogP contribution in [0.3, 0.4) is 0 Å². The summed E-state index contributed by atoms with van der Waals surface area (Å²) in [5.41, 5.74) is 0.704. The lowest BCUT2D eigenvalue weighted by Gasteiger charge is -2.10. The molecule has 1 aromatic carbocycles. The molecule has 0 unspecified atom stereocenters. The van der Waals surface area contributed by atoms with Gasteiger partial charge in [0.1, 0.15) is 5.75 Å². The Morgan fingerprint density at radius 1 is 1.33 bits per heavy atom. The summed E-state index contributed by atoms with van der Waals surface area (Å²) in [7, 11) is 1.53. The molecule has 15 heavy (non-hydrogen) atoms. The minimum atomic E-state index is -0.520. The van der Waals surface area contributed by atoms with Crippen molar-refractivity contribution in [2.45, 2.75) is 12.3 Å². The highest BCUT2D eigenvalue weighted by molar-refractivity contribution is 5.98. The van der Waals surface area contributed by atoms with E-state index in [1.165, 1.54) is 7.11 Å². The van der Waals surface area contributed by atoms with E-state index in [-0.39, 0.29) is 6.42 Å². The maximum atomic E-state index is 11.4. The third-order valence-electron chi connectivity index (χ3n) is 2.38. The first kappa shape index (κ1) is 9.71. The summed E-state index contributed by atoms with van der Waals surface area (Å²) in [6.45, 7) is 0. The Labute approximate surface area is 86.8 Å². The standard InChI is InChI=1S/C11H10O4/c1-14-9-5-3-2-4-7(9)8-6-10(12)15-11(8)13/h2-5,8H,6H2,1H3/t8-/m1/s1. The molecule has 4 nitrogen and oxygen atoms in total. The zero-order valence-corrected chi connectivity index (χ0v) is 8.23. The molecule has 0 radical (unpaired) electrons. The minimum Gasteiger partial charge on any atom is -0.496 e. The molecular weight excluding hydrogens is 196 g/mol. The van der Waals surface area contributed by atoms with Gasteiger partial charge in [-0.2, -0.15) is 0 Å². The van der Waals surface area contributed by atoms with E-state index < -0.39 is 17.9 Å². The predicted molar refractivity (Wildman–Crippen MR) is 51.5 cm³/mol. The Bertz CT molecular complexity index is 411. The van der Waals surface area contributed by atoms with Crippen LogP contribution in [0.5, 0.6) is 5.75 Å². The third kappa shape index (κ3) is 1.70. The van der Waals surface area contributed by atoms with Crippen LogP contribution in [0.4, 0.5) is 0 Å². The molecule has 1 fully saturated rings. The van der Waals surface area contributed by atoms with Crippen molar-refractivity contribution in [3.8, 4) is 5.75 Å². The van der Waals surface area contributed by atoms with Gasteiger partial charge in [0.25, 0.3) is 0 Å². The van der Waals surface area contributed by atoms with Gasteiger partial charge in [-0.15, -0.1) is 0 Å². The molecule has 2 rings (SSSR count). The molecule has 1 heterocycles. The molecule has 1 aromatic rings. The molecule has 4 heteroatoms. The SMILES string of the molecule is COc1ccccc1[C@H]1CC(=O)OC1=O. The second-order valence-electron chi connectivity index (χ2n) is 3.29.